The second-order valence-electron chi connectivity index (χ2n) is 4.12. The minimum Gasteiger partial charge on any atom is -0.330 e. The second kappa shape index (κ2) is 2.54. The number of rotatable bonds is 1. The van der Waals surface area contributed by atoms with Gasteiger partial charge in [0.2, 0.25) is 0 Å². The molecular formula is C9H17N. The van der Waals surface area contributed by atoms with Crippen LogP contribution in [0.3, 0.4) is 0 Å². The summed E-state index contributed by atoms with van der Waals surface area (Å²) in [5, 5.41) is 0. The summed E-state index contributed by atoms with van der Waals surface area (Å²) in [4.78, 5) is 0. The molecule has 2 fully saturated rings. The zero-order chi connectivity index (χ0) is 6.97. The van der Waals surface area contributed by atoms with Crippen molar-refractivity contribution in [3.05, 3.63) is 0 Å². The average Bonchev–Trinajstić information content (AvgIpc) is 2.30. The van der Waals surface area contributed by atoms with Crippen LogP contribution in [-0.4, -0.2) is 6.54 Å². The molecule has 0 aromatic heterocycles. The first-order valence-electron chi connectivity index (χ1n) is 4.58. The summed E-state index contributed by atoms with van der Waals surface area (Å²) in [7, 11) is 0. The summed E-state index contributed by atoms with van der Waals surface area (Å²) >= 11 is 0. The van der Waals surface area contributed by atoms with E-state index in [1.165, 1.54) is 32.1 Å². The molecule has 0 aromatic carbocycles. The van der Waals surface area contributed by atoms with Crippen LogP contribution in [0.1, 0.15) is 32.1 Å². The first kappa shape index (κ1) is 6.66. The molecule has 0 radical (unpaired) electrons. The van der Waals surface area contributed by atoms with Gasteiger partial charge in [0.25, 0.3) is 0 Å². The minimum atomic E-state index is 0.881. The van der Waals surface area contributed by atoms with Crippen molar-refractivity contribution >= 4 is 0 Å². The molecule has 2 aliphatic carbocycles. The molecule has 0 saturated heterocycles. The van der Waals surface area contributed by atoms with Crippen molar-refractivity contribution in [1.29, 1.82) is 0 Å². The van der Waals surface area contributed by atoms with Crippen LogP contribution in [0.5, 0.6) is 0 Å². The summed E-state index contributed by atoms with van der Waals surface area (Å²) < 4.78 is 0. The third-order valence-corrected chi connectivity index (χ3v) is 3.32. The number of hydrogen-bond donors (Lipinski definition) is 1. The van der Waals surface area contributed by atoms with Crippen molar-refractivity contribution in [2.75, 3.05) is 6.54 Å². The highest BCUT2D eigenvalue weighted by Gasteiger charge is 2.32. The van der Waals surface area contributed by atoms with Gasteiger partial charge in [0.05, 0.1) is 0 Å². The van der Waals surface area contributed by atoms with Crippen molar-refractivity contribution in [2.24, 2.45) is 23.5 Å². The van der Waals surface area contributed by atoms with Gasteiger partial charge in [0.15, 0.2) is 0 Å². The molecule has 0 aromatic rings. The quantitative estimate of drug-likeness (QED) is 0.588. The maximum Gasteiger partial charge on any atom is -0.00487 e. The highest BCUT2D eigenvalue weighted by Crippen LogP contribution is 2.44. The molecule has 1 nitrogen and oxygen atoms in total. The molecule has 0 unspecified atom stereocenters. The van der Waals surface area contributed by atoms with Crippen LogP contribution in [0.25, 0.3) is 0 Å². The van der Waals surface area contributed by atoms with E-state index in [1.54, 1.807) is 0 Å². The zero-order valence-corrected chi connectivity index (χ0v) is 6.55. The smallest absolute Gasteiger partial charge is 0.00487 e. The maximum atomic E-state index is 5.66. The van der Waals surface area contributed by atoms with Gasteiger partial charge in [-0.1, -0.05) is 12.8 Å². The third kappa shape index (κ3) is 1.07. The standard InChI is InChI=1S/C9H17N/c10-6-9-4-7-1-2-8(3-7)5-9/h7-9H,1-6,10H2/t7-,8-/m1/s1. The summed E-state index contributed by atoms with van der Waals surface area (Å²) in [6, 6.07) is 0. The fraction of sp³-hybridized carbons (Fsp3) is 1.00. The molecule has 2 rings (SSSR count). The summed E-state index contributed by atoms with van der Waals surface area (Å²) in [5.74, 6) is 3.01. The molecule has 2 bridgehead atoms. The predicted octanol–water partition coefficient (Wildman–Crippen LogP) is 1.77. The van der Waals surface area contributed by atoms with Gasteiger partial charge in [0, 0.05) is 0 Å². The Kier molecular flexibility index (Phi) is 1.69. The summed E-state index contributed by atoms with van der Waals surface area (Å²) in [5.41, 5.74) is 5.66. The van der Waals surface area contributed by atoms with Crippen LogP contribution in [0.15, 0.2) is 0 Å². The van der Waals surface area contributed by atoms with Crippen molar-refractivity contribution in [2.45, 2.75) is 32.1 Å². The number of nitrogens with two attached hydrogens (primary N) is 1. The monoisotopic (exact) mass is 139 g/mol. The zero-order valence-electron chi connectivity index (χ0n) is 6.55. The van der Waals surface area contributed by atoms with E-state index in [9.17, 15) is 0 Å². The Hall–Kier alpha value is -0.0400. The van der Waals surface area contributed by atoms with E-state index in [0.29, 0.717) is 0 Å². The number of hydrogen-bond acceptors (Lipinski definition) is 1. The Morgan fingerprint density at radius 2 is 1.60 bits per heavy atom. The van der Waals surface area contributed by atoms with Gasteiger partial charge in [-0.25, -0.2) is 0 Å². The predicted molar refractivity (Wildman–Crippen MR) is 42.6 cm³/mol. The summed E-state index contributed by atoms with van der Waals surface area (Å²) in [6.07, 6.45) is 7.40. The van der Waals surface area contributed by atoms with Crippen LogP contribution in [-0.2, 0) is 0 Å². The summed E-state index contributed by atoms with van der Waals surface area (Å²) in [6.45, 7) is 0.938. The Balaban J connectivity index is 1.96. The third-order valence-electron chi connectivity index (χ3n) is 3.32. The van der Waals surface area contributed by atoms with Gasteiger partial charge < -0.3 is 5.73 Å². The van der Waals surface area contributed by atoms with Gasteiger partial charge in [-0.15, -0.1) is 0 Å². The normalized spacial score (nSPS) is 45.9. The lowest BCUT2D eigenvalue weighted by Crippen LogP contribution is -2.22. The Bertz CT molecular complexity index is 110. The van der Waals surface area contributed by atoms with Gasteiger partial charge in [0.1, 0.15) is 0 Å². The van der Waals surface area contributed by atoms with Crippen molar-refractivity contribution < 1.29 is 0 Å². The van der Waals surface area contributed by atoms with E-state index in [2.05, 4.69) is 0 Å². The lowest BCUT2D eigenvalue weighted by molar-refractivity contribution is 0.267. The van der Waals surface area contributed by atoms with Crippen LogP contribution in [0.4, 0.5) is 0 Å². The lowest BCUT2D eigenvalue weighted by Gasteiger charge is -2.26. The first-order valence-corrected chi connectivity index (χ1v) is 4.58. The van der Waals surface area contributed by atoms with Crippen LogP contribution >= 0.6 is 0 Å². The van der Waals surface area contributed by atoms with E-state index in [0.717, 1.165) is 24.3 Å². The first-order chi connectivity index (χ1) is 4.88. The fourth-order valence-corrected chi connectivity index (χ4v) is 2.84. The SMILES string of the molecule is NCC1C[C@@H]2CC[C@@H](C1)C2. The van der Waals surface area contributed by atoms with E-state index in [4.69, 9.17) is 5.73 Å². The molecule has 2 atom stereocenters. The number of fused-ring (bicyclic) bond motifs is 2. The fourth-order valence-electron chi connectivity index (χ4n) is 2.84. The van der Waals surface area contributed by atoms with Crippen LogP contribution in [0.2, 0.25) is 0 Å². The molecule has 2 aliphatic rings. The van der Waals surface area contributed by atoms with E-state index in [-0.39, 0.29) is 0 Å². The maximum absolute atomic E-state index is 5.66. The highest BCUT2D eigenvalue weighted by atomic mass is 14.6. The molecule has 1 heteroatoms. The van der Waals surface area contributed by atoms with E-state index < -0.39 is 0 Å². The van der Waals surface area contributed by atoms with E-state index in [1.807, 2.05) is 0 Å². The lowest BCUT2D eigenvalue weighted by atomic mass is 9.81. The molecule has 2 N–H and O–H groups in total. The Morgan fingerprint density at radius 1 is 1.00 bits per heavy atom. The average molecular weight is 139 g/mol. The van der Waals surface area contributed by atoms with Gasteiger partial charge >= 0.3 is 0 Å². The second-order valence-corrected chi connectivity index (χ2v) is 4.12. The molecule has 10 heavy (non-hydrogen) atoms. The van der Waals surface area contributed by atoms with Crippen molar-refractivity contribution in [3.8, 4) is 0 Å². The molecule has 0 amide bonds. The van der Waals surface area contributed by atoms with Crippen molar-refractivity contribution in [3.63, 3.8) is 0 Å². The Morgan fingerprint density at radius 3 is 2.10 bits per heavy atom. The van der Waals surface area contributed by atoms with E-state index >= 15 is 0 Å². The molecule has 0 spiro atoms. The molecule has 0 heterocycles. The van der Waals surface area contributed by atoms with Gasteiger partial charge in [-0.3, -0.25) is 0 Å². The molecular weight excluding hydrogens is 122 g/mol. The van der Waals surface area contributed by atoms with Crippen LogP contribution in [0, 0.1) is 17.8 Å². The van der Waals surface area contributed by atoms with Gasteiger partial charge in [-0.05, 0) is 43.6 Å². The minimum absolute atomic E-state index is 0.881. The Labute approximate surface area is 63.0 Å². The van der Waals surface area contributed by atoms with Crippen LogP contribution < -0.4 is 5.73 Å². The molecule has 58 valence electrons. The molecule has 2 saturated carbocycles. The topological polar surface area (TPSA) is 26.0 Å². The van der Waals surface area contributed by atoms with Crippen molar-refractivity contribution in [1.82, 2.24) is 0 Å². The largest absolute Gasteiger partial charge is 0.330 e. The molecule has 0 aliphatic heterocycles. The van der Waals surface area contributed by atoms with Gasteiger partial charge in [-0.2, -0.15) is 0 Å². The highest BCUT2D eigenvalue weighted by molar-refractivity contribution is 4.85.